The van der Waals surface area contributed by atoms with Crippen molar-refractivity contribution in [1.82, 2.24) is 5.32 Å². The number of benzene rings is 2. The summed E-state index contributed by atoms with van der Waals surface area (Å²) in [4.78, 5) is 11.9. The molecule has 0 aliphatic carbocycles. The van der Waals surface area contributed by atoms with Gasteiger partial charge in [-0.1, -0.05) is 29.8 Å². The summed E-state index contributed by atoms with van der Waals surface area (Å²) >= 11 is 6.04. The Bertz CT molecular complexity index is 657. The molecule has 2 aromatic carbocycles. The zero-order valence-electron chi connectivity index (χ0n) is 13.4. The molecule has 2 rings (SSSR count). The second kappa shape index (κ2) is 8.56. The molecule has 0 saturated carbocycles. The Balaban J connectivity index is 1.73. The first-order valence-electron chi connectivity index (χ1n) is 7.49. The fourth-order valence-electron chi connectivity index (χ4n) is 2.16. The van der Waals surface area contributed by atoms with Crippen molar-refractivity contribution in [3.8, 4) is 5.75 Å². The minimum atomic E-state index is -0.0786. The van der Waals surface area contributed by atoms with Gasteiger partial charge in [-0.05, 0) is 55.3 Å². The molecule has 0 radical (unpaired) electrons. The summed E-state index contributed by atoms with van der Waals surface area (Å²) in [5.41, 5.74) is 2.82. The molecule has 0 spiro atoms. The highest BCUT2D eigenvalue weighted by Gasteiger charge is 2.06. The molecule has 0 aliphatic heterocycles. The van der Waals surface area contributed by atoms with E-state index in [9.17, 15) is 4.79 Å². The molecule has 122 valence electrons. The zero-order chi connectivity index (χ0) is 16.7. The molecule has 4 nitrogen and oxygen atoms in total. The van der Waals surface area contributed by atoms with Gasteiger partial charge in [-0.2, -0.15) is 0 Å². The third-order valence-electron chi connectivity index (χ3n) is 3.58. The summed E-state index contributed by atoms with van der Waals surface area (Å²) in [5, 5.41) is 6.65. The summed E-state index contributed by atoms with van der Waals surface area (Å²) in [6.07, 6.45) is 0.855. The first-order valence-corrected chi connectivity index (χ1v) is 7.86. The molecule has 0 aromatic heterocycles. The van der Waals surface area contributed by atoms with E-state index in [1.54, 1.807) is 13.2 Å². The second-order valence-corrected chi connectivity index (χ2v) is 5.64. The number of anilines is 1. The fourth-order valence-corrected chi connectivity index (χ4v) is 2.34. The highest BCUT2D eigenvalue weighted by Crippen LogP contribution is 2.22. The topological polar surface area (TPSA) is 50.4 Å². The molecule has 0 heterocycles. The van der Waals surface area contributed by atoms with Crippen LogP contribution in [0.3, 0.4) is 0 Å². The number of rotatable bonds is 7. The molecule has 2 N–H and O–H groups in total. The molecule has 0 atom stereocenters. The Hall–Kier alpha value is -2.04. The smallest absolute Gasteiger partial charge is 0.238 e. The third kappa shape index (κ3) is 5.27. The minimum Gasteiger partial charge on any atom is -0.497 e. The number of methoxy groups -OCH3 is 1. The van der Waals surface area contributed by atoms with Gasteiger partial charge >= 0.3 is 0 Å². The van der Waals surface area contributed by atoms with E-state index < -0.39 is 0 Å². The molecule has 0 unspecified atom stereocenters. The predicted molar refractivity (Wildman–Crippen MR) is 94.4 cm³/mol. The van der Waals surface area contributed by atoms with Crippen LogP contribution in [0.25, 0.3) is 0 Å². The van der Waals surface area contributed by atoms with Gasteiger partial charge in [0.2, 0.25) is 5.91 Å². The molecule has 1 amide bonds. The van der Waals surface area contributed by atoms with Gasteiger partial charge in [-0.25, -0.2) is 0 Å². The molecule has 0 fully saturated rings. The Morgan fingerprint density at radius 3 is 2.61 bits per heavy atom. The normalized spacial score (nSPS) is 10.4. The van der Waals surface area contributed by atoms with E-state index in [-0.39, 0.29) is 12.5 Å². The molecule has 0 aliphatic rings. The van der Waals surface area contributed by atoms with E-state index in [2.05, 4.69) is 10.6 Å². The number of hydrogen-bond acceptors (Lipinski definition) is 3. The Labute approximate surface area is 141 Å². The number of amides is 1. The van der Waals surface area contributed by atoms with Crippen LogP contribution in [0.2, 0.25) is 5.02 Å². The molecular formula is C18H21ClN2O2. The summed E-state index contributed by atoms with van der Waals surface area (Å²) < 4.78 is 5.12. The summed E-state index contributed by atoms with van der Waals surface area (Å²) in [6.45, 7) is 2.88. The van der Waals surface area contributed by atoms with Crippen LogP contribution < -0.4 is 15.4 Å². The van der Waals surface area contributed by atoms with Crippen molar-refractivity contribution in [2.45, 2.75) is 13.3 Å². The van der Waals surface area contributed by atoms with Crippen molar-refractivity contribution in [2.75, 3.05) is 25.5 Å². The van der Waals surface area contributed by atoms with E-state index in [4.69, 9.17) is 16.3 Å². The first-order chi connectivity index (χ1) is 11.1. The number of nitrogens with one attached hydrogen (secondary N) is 2. The van der Waals surface area contributed by atoms with E-state index in [1.807, 2.05) is 43.3 Å². The Morgan fingerprint density at radius 1 is 1.17 bits per heavy atom. The van der Waals surface area contributed by atoms with Crippen LogP contribution >= 0.6 is 11.6 Å². The molecular weight excluding hydrogens is 312 g/mol. The lowest BCUT2D eigenvalue weighted by Crippen LogP contribution is -2.29. The van der Waals surface area contributed by atoms with Gasteiger partial charge in [-0.3, -0.25) is 4.79 Å². The highest BCUT2D eigenvalue weighted by molar-refractivity contribution is 6.31. The van der Waals surface area contributed by atoms with Crippen molar-refractivity contribution in [2.24, 2.45) is 0 Å². The maximum atomic E-state index is 11.9. The molecule has 0 bridgehead atoms. The van der Waals surface area contributed by atoms with Gasteiger partial charge in [0, 0.05) is 10.7 Å². The average molecular weight is 333 g/mol. The number of carbonyl (C=O) groups excluding carboxylic acids is 1. The highest BCUT2D eigenvalue weighted by atomic mass is 35.5. The summed E-state index contributed by atoms with van der Waals surface area (Å²) in [6, 6.07) is 13.4. The van der Waals surface area contributed by atoms with Gasteiger partial charge < -0.3 is 15.4 Å². The molecule has 5 heteroatoms. The number of carbonyl (C=O) groups is 1. The van der Waals surface area contributed by atoms with Gasteiger partial charge in [0.1, 0.15) is 5.75 Å². The van der Waals surface area contributed by atoms with Crippen molar-refractivity contribution < 1.29 is 9.53 Å². The summed E-state index contributed by atoms with van der Waals surface area (Å²) in [5.74, 6) is 0.767. The molecule has 23 heavy (non-hydrogen) atoms. The number of ether oxygens (including phenoxy) is 1. The minimum absolute atomic E-state index is 0.0786. The van der Waals surface area contributed by atoms with E-state index >= 15 is 0 Å². The van der Waals surface area contributed by atoms with Gasteiger partial charge in [0.25, 0.3) is 0 Å². The Kier molecular flexibility index (Phi) is 6.44. The van der Waals surface area contributed by atoms with Crippen LogP contribution in [0.4, 0.5) is 5.69 Å². The average Bonchev–Trinajstić information content (AvgIpc) is 2.56. The van der Waals surface area contributed by atoms with Gasteiger partial charge in [-0.15, -0.1) is 0 Å². The van der Waals surface area contributed by atoms with E-state index in [0.717, 1.165) is 30.0 Å². The third-order valence-corrected chi connectivity index (χ3v) is 3.99. The molecule has 2 aromatic rings. The SMILES string of the molecule is COc1ccc(CCNCC(=O)Nc2cccc(Cl)c2C)cc1. The van der Waals surface area contributed by atoms with Crippen LogP contribution in [0.1, 0.15) is 11.1 Å². The number of halogens is 1. The van der Waals surface area contributed by atoms with Crippen molar-refractivity contribution in [1.29, 1.82) is 0 Å². The maximum Gasteiger partial charge on any atom is 0.238 e. The van der Waals surface area contributed by atoms with Crippen LogP contribution in [-0.4, -0.2) is 26.1 Å². The number of hydrogen-bond donors (Lipinski definition) is 2. The fraction of sp³-hybridized carbons (Fsp3) is 0.278. The van der Waals surface area contributed by atoms with Crippen LogP contribution in [0.5, 0.6) is 5.75 Å². The quantitative estimate of drug-likeness (QED) is 0.764. The monoisotopic (exact) mass is 332 g/mol. The second-order valence-electron chi connectivity index (χ2n) is 5.24. The largest absolute Gasteiger partial charge is 0.497 e. The first kappa shape index (κ1) is 17.3. The lowest BCUT2D eigenvalue weighted by atomic mass is 10.1. The lowest BCUT2D eigenvalue weighted by molar-refractivity contribution is -0.115. The zero-order valence-corrected chi connectivity index (χ0v) is 14.1. The van der Waals surface area contributed by atoms with E-state index in [0.29, 0.717) is 5.02 Å². The van der Waals surface area contributed by atoms with E-state index in [1.165, 1.54) is 5.56 Å². The maximum absolute atomic E-state index is 11.9. The van der Waals surface area contributed by atoms with Gasteiger partial charge in [0.15, 0.2) is 0 Å². The predicted octanol–water partition coefficient (Wildman–Crippen LogP) is 3.43. The van der Waals surface area contributed by atoms with Crippen LogP contribution in [0, 0.1) is 6.92 Å². The lowest BCUT2D eigenvalue weighted by Gasteiger charge is -2.10. The van der Waals surface area contributed by atoms with Crippen LogP contribution in [-0.2, 0) is 11.2 Å². The van der Waals surface area contributed by atoms with Gasteiger partial charge in [0.05, 0.1) is 13.7 Å². The molecule has 0 saturated heterocycles. The Morgan fingerprint density at radius 2 is 1.91 bits per heavy atom. The van der Waals surface area contributed by atoms with Crippen molar-refractivity contribution in [3.05, 3.63) is 58.6 Å². The van der Waals surface area contributed by atoms with Crippen LogP contribution in [0.15, 0.2) is 42.5 Å². The standard InChI is InChI=1S/C18H21ClN2O2/c1-13-16(19)4-3-5-17(13)21-18(22)12-20-11-10-14-6-8-15(23-2)9-7-14/h3-9,20H,10-12H2,1-2H3,(H,21,22). The van der Waals surface area contributed by atoms with Crippen molar-refractivity contribution in [3.63, 3.8) is 0 Å². The van der Waals surface area contributed by atoms with Crippen molar-refractivity contribution >= 4 is 23.2 Å². The summed E-state index contributed by atoms with van der Waals surface area (Å²) in [7, 11) is 1.65.